The van der Waals surface area contributed by atoms with Gasteiger partial charge >= 0.3 is 5.97 Å². The van der Waals surface area contributed by atoms with Gasteiger partial charge in [0.15, 0.2) is 0 Å². The number of aromatic carboxylic acids is 1. The molecule has 1 aliphatic carbocycles. The highest BCUT2D eigenvalue weighted by atomic mass is 32.1. The van der Waals surface area contributed by atoms with Crippen LogP contribution < -0.4 is 10.6 Å². The Morgan fingerprint density at radius 1 is 1.18 bits per heavy atom. The minimum absolute atomic E-state index is 0.00956. The summed E-state index contributed by atoms with van der Waals surface area (Å²) < 4.78 is 5.52. The van der Waals surface area contributed by atoms with E-state index in [0.717, 1.165) is 55.1 Å². The van der Waals surface area contributed by atoms with Gasteiger partial charge in [-0.1, -0.05) is 27.7 Å². The molecule has 1 amide bonds. The zero-order valence-electron chi connectivity index (χ0n) is 19.9. The molecule has 6 nitrogen and oxygen atoms in total. The number of hydrogen-bond donors (Lipinski definition) is 3. The predicted octanol–water partition coefficient (Wildman–Crippen LogP) is 5.79. The molecule has 0 spiro atoms. The van der Waals surface area contributed by atoms with Crippen molar-refractivity contribution in [3.8, 4) is 0 Å². The molecule has 0 bridgehead atoms. The number of carboxylic acid groups (broad SMARTS) is 1. The van der Waals surface area contributed by atoms with E-state index in [2.05, 4.69) is 38.3 Å². The van der Waals surface area contributed by atoms with Crippen molar-refractivity contribution in [3.05, 3.63) is 45.8 Å². The zero-order chi connectivity index (χ0) is 23.8. The van der Waals surface area contributed by atoms with Gasteiger partial charge in [0, 0.05) is 29.3 Å². The van der Waals surface area contributed by atoms with Crippen molar-refractivity contribution in [1.82, 2.24) is 0 Å². The minimum Gasteiger partial charge on any atom is -0.478 e. The van der Waals surface area contributed by atoms with Gasteiger partial charge in [-0.15, -0.1) is 11.3 Å². The molecule has 0 saturated carbocycles. The molecule has 2 aliphatic rings. The number of rotatable bonds is 6. The first kappa shape index (κ1) is 23.8. The fourth-order valence-electron chi connectivity index (χ4n) is 5.46. The SMILES string of the molecule is CC1(C)Cc2c(sc(NC(=O)c3ccc(NCC4CCCOC4)cc3)c2C(=O)O)C(C)(C)C1. The first-order valence-electron chi connectivity index (χ1n) is 11.7. The van der Waals surface area contributed by atoms with Crippen molar-refractivity contribution >= 4 is 33.9 Å². The normalized spacial score (nSPS) is 21.2. The Morgan fingerprint density at radius 3 is 2.55 bits per heavy atom. The van der Waals surface area contributed by atoms with Crippen LogP contribution in [0.2, 0.25) is 0 Å². The van der Waals surface area contributed by atoms with E-state index in [1.807, 2.05) is 12.1 Å². The molecule has 1 atom stereocenters. The number of anilines is 2. The van der Waals surface area contributed by atoms with Gasteiger partial charge in [0.1, 0.15) is 5.00 Å². The summed E-state index contributed by atoms with van der Waals surface area (Å²) in [6, 6.07) is 7.33. The van der Waals surface area contributed by atoms with Crippen molar-refractivity contribution in [1.29, 1.82) is 0 Å². The maximum atomic E-state index is 13.0. The molecule has 0 radical (unpaired) electrons. The number of nitrogens with one attached hydrogen (secondary N) is 2. The largest absolute Gasteiger partial charge is 0.478 e. The van der Waals surface area contributed by atoms with E-state index < -0.39 is 5.97 Å². The molecule has 4 rings (SSSR count). The lowest BCUT2D eigenvalue weighted by Gasteiger charge is -2.40. The van der Waals surface area contributed by atoms with Crippen LogP contribution in [-0.4, -0.2) is 36.7 Å². The lowest BCUT2D eigenvalue weighted by atomic mass is 9.65. The molecular formula is C26H34N2O4S. The van der Waals surface area contributed by atoms with Gasteiger partial charge in [-0.3, -0.25) is 4.79 Å². The first-order chi connectivity index (χ1) is 15.6. The van der Waals surface area contributed by atoms with Crippen LogP contribution in [0, 0.1) is 11.3 Å². The highest BCUT2D eigenvalue weighted by Gasteiger charge is 2.42. The number of hydrogen-bond acceptors (Lipinski definition) is 5. The second-order valence-corrected chi connectivity index (χ2v) is 11.8. The molecule has 1 aromatic carbocycles. The van der Waals surface area contributed by atoms with Gasteiger partial charge in [0.2, 0.25) is 0 Å². The van der Waals surface area contributed by atoms with Crippen molar-refractivity contribution in [2.75, 3.05) is 30.4 Å². The second-order valence-electron chi connectivity index (χ2n) is 10.8. The number of fused-ring (bicyclic) bond motifs is 1. The van der Waals surface area contributed by atoms with Crippen LogP contribution in [0.15, 0.2) is 24.3 Å². The highest BCUT2D eigenvalue weighted by molar-refractivity contribution is 7.17. The van der Waals surface area contributed by atoms with Crippen molar-refractivity contribution in [3.63, 3.8) is 0 Å². The molecule has 2 aromatic rings. The number of thiophene rings is 1. The standard InChI is InChI=1S/C26H34N2O4S/c1-25(2)12-19-20(24(30)31)23(33-21(19)26(3,4)15-25)28-22(29)17-7-9-18(10-8-17)27-13-16-6-5-11-32-14-16/h7-10,16,27H,5-6,11-15H2,1-4H3,(H,28,29)(H,30,31). The van der Waals surface area contributed by atoms with E-state index >= 15 is 0 Å². The van der Waals surface area contributed by atoms with Crippen molar-refractivity contribution in [2.45, 2.75) is 58.8 Å². The van der Waals surface area contributed by atoms with E-state index in [9.17, 15) is 14.7 Å². The first-order valence-corrected chi connectivity index (χ1v) is 12.5. The molecule has 1 unspecified atom stereocenters. The molecule has 33 heavy (non-hydrogen) atoms. The molecule has 7 heteroatoms. The van der Waals surface area contributed by atoms with Crippen LogP contribution in [-0.2, 0) is 16.6 Å². The van der Waals surface area contributed by atoms with E-state index in [4.69, 9.17) is 4.74 Å². The monoisotopic (exact) mass is 470 g/mol. The van der Waals surface area contributed by atoms with E-state index in [1.165, 1.54) is 11.3 Å². The summed E-state index contributed by atoms with van der Waals surface area (Å²) in [6.45, 7) is 11.2. The number of amides is 1. The predicted molar refractivity (Wildman–Crippen MR) is 133 cm³/mol. The molecule has 3 N–H and O–H groups in total. The van der Waals surface area contributed by atoms with Crippen LogP contribution in [0.1, 0.15) is 78.1 Å². The highest BCUT2D eigenvalue weighted by Crippen LogP contribution is 2.52. The fraction of sp³-hybridized carbons (Fsp3) is 0.538. The van der Waals surface area contributed by atoms with Crippen LogP contribution >= 0.6 is 11.3 Å². The summed E-state index contributed by atoms with van der Waals surface area (Å²) in [5.74, 6) is -0.766. The van der Waals surface area contributed by atoms with Crippen LogP contribution in [0.4, 0.5) is 10.7 Å². The number of carbonyl (C=O) groups is 2. The number of carboxylic acids is 1. The van der Waals surface area contributed by atoms with Gasteiger partial charge in [-0.25, -0.2) is 4.79 Å². The Bertz CT molecular complexity index is 1030. The number of ether oxygens (including phenoxy) is 1. The maximum Gasteiger partial charge on any atom is 0.339 e. The van der Waals surface area contributed by atoms with E-state index in [0.29, 0.717) is 22.9 Å². The number of carbonyl (C=O) groups excluding carboxylic acids is 1. The van der Waals surface area contributed by atoms with Gasteiger partial charge in [0.05, 0.1) is 12.2 Å². The van der Waals surface area contributed by atoms with Crippen LogP contribution in [0.5, 0.6) is 0 Å². The third-order valence-electron chi connectivity index (χ3n) is 6.64. The third-order valence-corrected chi connectivity index (χ3v) is 8.15. The van der Waals surface area contributed by atoms with Gasteiger partial charge in [0.25, 0.3) is 5.91 Å². The summed E-state index contributed by atoms with van der Waals surface area (Å²) in [7, 11) is 0. The summed E-state index contributed by atoms with van der Waals surface area (Å²) in [4.78, 5) is 26.2. The third kappa shape index (κ3) is 5.25. The van der Waals surface area contributed by atoms with E-state index in [1.54, 1.807) is 12.1 Å². The quantitative estimate of drug-likeness (QED) is 0.498. The Labute approximate surface area is 199 Å². The molecule has 1 fully saturated rings. The van der Waals surface area contributed by atoms with Crippen LogP contribution in [0.25, 0.3) is 0 Å². The average Bonchev–Trinajstić information content (AvgIpc) is 3.10. The summed E-state index contributed by atoms with van der Waals surface area (Å²) in [5, 5.41) is 16.7. The van der Waals surface area contributed by atoms with Gasteiger partial charge < -0.3 is 20.5 Å². The molecule has 1 saturated heterocycles. The molecule has 1 aromatic heterocycles. The Morgan fingerprint density at radius 2 is 1.91 bits per heavy atom. The van der Waals surface area contributed by atoms with Gasteiger partial charge in [-0.2, -0.15) is 0 Å². The molecule has 1 aliphatic heterocycles. The second kappa shape index (κ2) is 9.11. The molecule has 2 heterocycles. The maximum absolute atomic E-state index is 13.0. The molecular weight excluding hydrogens is 436 g/mol. The Kier molecular flexibility index (Phi) is 6.56. The summed E-state index contributed by atoms with van der Waals surface area (Å²) >= 11 is 1.41. The summed E-state index contributed by atoms with van der Waals surface area (Å²) in [5.41, 5.74) is 2.46. The van der Waals surface area contributed by atoms with Crippen molar-refractivity contribution < 1.29 is 19.4 Å². The van der Waals surface area contributed by atoms with E-state index in [-0.39, 0.29) is 22.3 Å². The average molecular weight is 471 g/mol. The van der Waals surface area contributed by atoms with Gasteiger partial charge in [-0.05, 0) is 72.3 Å². The van der Waals surface area contributed by atoms with Crippen LogP contribution in [0.3, 0.4) is 0 Å². The Balaban J connectivity index is 1.49. The fourth-order valence-corrected chi connectivity index (χ4v) is 6.76. The topological polar surface area (TPSA) is 87.7 Å². The lowest BCUT2D eigenvalue weighted by Crippen LogP contribution is -2.34. The minimum atomic E-state index is -0.984. The zero-order valence-corrected chi connectivity index (χ0v) is 20.7. The number of benzene rings is 1. The van der Waals surface area contributed by atoms with Crippen molar-refractivity contribution in [2.24, 2.45) is 11.3 Å². The lowest BCUT2D eigenvalue weighted by molar-refractivity contribution is 0.0595. The summed E-state index contributed by atoms with van der Waals surface area (Å²) in [6.07, 6.45) is 3.94. The Hall–Kier alpha value is -2.38. The molecule has 178 valence electrons. The smallest absolute Gasteiger partial charge is 0.339 e.